The summed E-state index contributed by atoms with van der Waals surface area (Å²) in [5.74, 6) is 0. The molecule has 19 heavy (non-hydrogen) atoms. The van der Waals surface area contributed by atoms with Gasteiger partial charge in [0.15, 0.2) is 8.32 Å². The molecule has 0 fully saturated rings. The average molecular weight is 344 g/mol. The Kier molecular flexibility index (Phi) is 5.80. The number of halogens is 1. The first-order chi connectivity index (χ1) is 8.67. The van der Waals surface area contributed by atoms with E-state index in [1.165, 1.54) is 11.1 Å². The molecule has 1 aromatic rings. The van der Waals surface area contributed by atoms with Gasteiger partial charge in [0.25, 0.3) is 0 Å². The van der Waals surface area contributed by atoms with Crippen molar-refractivity contribution in [3.63, 3.8) is 0 Å². The molecule has 0 aliphatic carbocycles. The van der Waals surface area contributed by atoms with E-state index in [0.29, 0.717) is 6.54 Å². The van der Waals surface area contributed by atoms with Crippen LogP contribution in [0.15, 0.2) is 22.7 Å². The van der Waals surface area contributed by atoms with Crippen LogP contribution in [-0.2, 0) is 17.4 Å². The summed E-state index contributed by atoms with van der Waals surface area (Å²) in [5.41, 5.74) is 8.28. The highest BCUT2D eigenvalue weighted by Gasteiger charge is 2.36. The summed E-state index contributed by atoms with van der Waals surface area (Å²) in [7, 11) is -1.64. The van der Waals surface area contributed by atoms with E-state index in [4.69, 9.17) is 10.2 Å². The van der Waals surface area contributed by atoms with E-state index in [1.54, 1.807) is 0 Å². The lowest BCUT2D eigenvalue weighted by molar-refractivity contribution is 0.291. The number of hydrogen-bond donors (Lipinski definition) is 1. The maximum absolute atomic E-state index is 6.22. The van der Waals surface area contributed by atoms with Crippen LogP contribution < -0.4 is 5.73 Å². The van der Waals surface area contributed by atoms with Gasteiger partial charge in [-0.1, -0.05) is 42.8 Å². The molecule has 4 heteroatoms. The highest BCUT2D eigenvalue weighted by molar-refractivity contribution is 9.10. The molecule has 0 aromatic heterocycles. The van der Waals surface area contributed by atoms with Crippen molar-refractivity contribution >= 4 is 24.2 Å². The van der Waals surface area contributed by atoms with E-state index >= 15 is 0 Å². The van der Waals surface area contributed by atoms with Gasteiger partial charge in [0.2, 0.25) is 0 Å². The van der Waals surface area contributed by atoms with Crippen molar-refractivity contribution in [2.24, 2.45) is 5.73 Å². The van der Waals surface area contributed by atoms with Crippen molar-refractivity contribution in [2.75, 3.05) is 6.61 Å². The van der Waals surface area contributed by atoms with E-state index in [9.17, 15) is 0 Å². The van der Waals surface area contributed by atoms with E-state index in [0.717, 1.165) is 17.5 Å². The van der Waals surface area contributed by atoms with Crippen molar-refractivity contribution < 1.29 is 4.43 Å². The lowest BCUT2D eigenvalue weighted by Crippen LogP contribution is -2.41. The zero-order valence-corrected chi connectivity index (χ0v) is 15.3. The van der Waals surface area contributed by atoms with Crippen molar-refractivity contribution in [2.45, 2.75) is 51.9 Å². The minimum atomic E-state index is -1.64. The molecule has 0 amide bonds. The SMILES string of the molecule is CC(C)(C)[Si](C)(C)OCCc1cc(Br)ccc1CN. The molecule has 0 atom stereocenters. The van der Waals surface area contributed by atoms with Crippen LogP contribution in [0.2, 0.25) is 18.1 Å². The maximum atomic E-state index is 6.22. The van der Waals surface area contributed by atoms with Gasteiger partial charge in [-0.15, -0.1) is 0 Å². The van der Waals surface area contributed by atoms with Crippen LogP contribution in [0.3, 0.4) is 0 Å². The van der Waals surface area contributed by atoms with Gasteiger partial charge in [0.05, 0.1) is 0 Å². The van der Waals surface area contributed by atoms with Crippen LogP contribution in [0.1, 0.15) is 31.9 Å². The van der Waals surface area contributed by atoms with Crippen LogP contribution in [0.4, 0.5) is 0 Å². The number of hydrogen-bond acceptors (Lipinski definition) is 2. The Bertz CT molecular complexity index is 427. The molecule has 1 rings (SSSR count). The second-order valence-electron chi connectivity index (χ2n) is 6.48. The molecule has 0 radical (unpaired) electrons. The second-order valence-corrected chi connectivity index (χ2v) is 12.2. The van der Waals surface area contributed by atoms with Gasteiger partial charge in [-0.2, -0.15) is 0 Å². The molecule has 0 saturated heterocycles. The topological polar surface area (TPSA) is 35.2 Å². The molecule has 0 heterocycles. The Morgan fingerprint density at radius 1 is 1.21 bits per heavy atom. The van der Waals surface area contributed by atoms with Crippen LogP contribution in [-0.4, -0.2) is 14.9 Å². The van der Waals surface area contributed by atoms with Crippen LogP contribution in [0.25, 0.3) is 0 Å². The third kappa shape index (κ3) is 4.70. The normalized spacial score (nSPS) is 12.8. The average Bonchev–Trinajstić information content (AvgIpc) is 2.27. The summed E-state index contributed by atoms with van der Waals surface area (Å²) in [6, 6.07) is 6.28. The summed E-state index contributed by atoms with van der Waals surface area (Å²) >= 11 is 3.52. The summed E-state index contributed by atoms with van der Waals surface area (Å²) in [5, 5.41) is 0.265. The summed E-state index contributed by atoms with van der Waals surface area (Å²) in [6.45, 7) is 12.7. The third-order valence-electron chi connectivity index (χ3n) is 4.03. The van der Waals surface area contributed by atoms with Crippen molar-refractivity contribution in [1.82, 2.24) is 0 Å². The van der Waals surface area contributed by atoms with Gasteiger partial charge in [-0.25, -0.2) is 0 Å². The number of rotatable bonds is 5. The highest BCUT2D eigenvalue weighted by Crippen LogP contribution is 2.36. The molecule has 2 nitrogen and oxygen atoms in total. The van der Waals surface area contributed by atoms with E-state index < -0.39 is 8.32 Å². The predicted molar refractivity (Wildman–Crippen MR) is 88.9 cm³/mol. The van der Waals surface area contributed by atoms with E-state index in [1.807, 2.05) is 6.07 Å². The first kappa shape index (κ1) is 16.9. The maximum Gasteiger partial charge on any atom is 0.191 e. The molecule has 2 N–H and O–H groups in total. The quantitative estimate of drug-likeness (QED) is 0.800. The lowest BCUT2D eigenvalue weighted by Gasteiger charge is -2.36. The monoisotopic (exact) mass is 343 g/mol. The molecular weight excluding hydrogens is 318 g/mol. The minimum Gasteiger partial charge on any atom is -0.416 e. The molecule has 108 valence electrons. The fourth-order valence-corrected chi connectivity index (χ4v) is 3.11. The van der Waals surface area contributed by atoms with Gasteiger partial charge < -0.3 is 10.2 Å². The molecule has 0 saturated carbocycles. The number of nitrogens with two attached hydrogens (primary N) is 1. The lowest BCUT2D eigenvalue weighted by atomic mass is 10.1. The fraction of sp³-hybridized carbons (Fsp3) is 0.600. The first-order valence-corrected chi connectivity index (χ1v) is 10.5. The summed E-state index contributed by atoms with van der Waals surface area (Å²) in [6.07, 6.45) is 0.929. The zero-order chi connectivity index (χ0) is 14.7. The van der Waals surface area contributed by atoms with Crippen LogP contribution in [0, 0.1) is 0 Å². The Labute approximate surface area is 127 Å². The largest absolute Gasteiger partial charge is 0.416 e. The third-order valence-corrected chi connectivity index (χ3v) is 9.06. The standard InChI is InChI=1S/C15H26BrNOSi/c1-15(2,3)19(4,5)18-9-8-12-10-14(16)7-6-13(12)11-17/h6-7,10H,8-9,11,17H2,1-5H3. The molecule has 1 aromatic carbocycles. The smallest absolute Gasteiger partial charge is 0.191 e. The Morgan fingerprint density at radius 2 is 1.84 bits per heavy atom. The molecule has 0 aliphatic rings. The van der Waals surface area contributed by atoms with Gasteiger partial charge in [-0.05, 0) is 47.8 Å². The number of benzene rings is 1. The highest BCUT2D eigenvalue weighted by atomic mass is 79.9. The van der Waals surface area contributed by atoms with Crippen molar-refractivity contribution in [3.05, 3.63) is 33.8 Å². The second kappa shape index (κ2) is 6.53. The molecular formula is C15H26BrNOSi. The van der Waals surface area contributed by atoms with Crippen molar-refractivity contribution in [1.29, 1.82) is 0 Å². The van der Waals surface area contributed by atoms with Gasteiger partial charge in [0.1, 0.15) is 0 Å². The van der Waals surface area contributed by atoms with Gasteiger partial charge in [0, 0.05) is 17.6 Å². The Morgan fingerprint density at radius 3 is 2.37 bits per heavy atom. The van der Waals surface area contributed by atoms with Gasteiger partial charge in [-0.3, -0.25) is 0 Å². The summed E-state index contributed by atoms with van der Waals surface area (Å²) < 4.78 is 7.32. The van der Waals surface area contributed by atoms with Crippen LogP contribution in [0.5, 0.6) is 0 Å². The van der Waals surface area contributed by atoms with E-state index in [-0.39, 0.29) is 5.04 Å². The molecule has 0 bridgehead atoms. The van der Waals surface area contributed by atoms with E-state index in [2.05, 4.69) is 61.9 Å². The molecule has 0 spiro atoms. The van der Waals surface area contributed by atoms with Crippen LogP contribution >= 0.6 is 15.9 Å². The first-order valence-electron chi connectivity index (χ1n) is 6.79. The van der Waals surface area contributed by atoms with Crippen molar-refractivity contribution in [3.8, 4) is 0 Å². The predicted octanol–water partition coefficient (Wildman–Crippen LogP) is 4.47. The van der Waals surface area contributed by atoms with Gasteiger partial charge >= 0.3 is 0 Å². The Hall–Kier alpha value is -0.163. The zero-order valence-electron chi connectivity index (χ0n) is 12.7. The minimum absolute atomic E-state index is 0.265. The Balaban J connectivity index is 2.66. The molecule has 0 aliphatic heterocycles. The molecule has 0 unspecified atom stereocenters. The summed E-state index contributed by atoms with van der Waals surface area (Å²) in [4.78, 5) is 0. The fourth-order valence-electron chi connectivity index (χ4n) is 1.66.